The number of nitrogens with one attached hydrogen (secondary N) is 1. The van der Waals surface area contributed by atoms with Gasteiger partial charge in [0.15, 0.2) is 0 Å². The summed E-state index contributed by atoms with van der Waals surface area (Å²) in [5.41, 5.74) is 0.631. The van der Waals surface area contributed by atoms with Crippen molar-refractivity contribution in [2.75, 3.05) is 19.6 Å². The minimum Gasteiger partial charge on any atom is -0.338 e. The summed E-state index contributed by atoms with van der Waals surface area (Å²) < 4.78 is 13.8. The zero-order valence-electron chi connectivity index (χ0n) is 12.9. The van der Waals surface area contributed by atoms with Crippen LogP contribution < -0.4 is 5.32 Å². The lowest BCUT2D eigenvalue weighted by Gasteiger charge is -2.29. The van der Waals surface area contributed by atoms with Gasteiger partial charge in [0.05, 0.1) is 0 Å². The molecule has 1 amide bonds. The second kappa shape index (κ2) is 7.55. The lowest BCUT2D eigenvalue weighted by molar-refractivity contribution is -0.133. The highest BCUT2D eigenvalue weighted by molar-refractivity contribution is 5.77. The topological polar surface area (TPSA) is 32.3 Å². The highest BCUT2D eigenvalue weighted by Gasteiger charge is 2.27. The zero-order chi connectivity index (χ0) is 15.2. The summed E-state index contributed by atoms with van der Waals surface area (Å²) in [5, 5.41) is 3.31. The van der Waals surface area contributed by atoms with Crippen molar-refractivity contribution in [2.24, 2.45) is 0 Å². The van der Waals surface area contributed by atoms with Gasteiger partial charge >= 0.3 is 0 Å². The number of hydrogen-bond acceptors (Lipinski definition) is 2. The fourth-order valence-corrected chi connectivity index (χ4v) is 3.02. The average molecular weight is 292 g/mol. The van der Waals surface area contributed by atoms with E-state index >= 15 is 0 Å². The molecule has 4 heteroatoms. The number of halogens is 1. The maximum atomic E-state index is 13.8. The third kappa shape index (κ3) is 4.03. The van der Waals surface area contributed by atoms with Crippen molar-refractivity contribution in [3.8, 4) is 0 Å². The molecule has 1 fully saturated rings. The van der Waals surface area contributed by atoms with Gasteiger partial charge in [0, 0.05) is 25.6 Å². The van der Waals surface area contributed by atoms with E-state index in [1.165, 1.54) is 6.07 Å². The number of carbonyl (C=O) groups excluding carboxylic acids is 1. The van der Waals surface area contributed by atoms with Crippen LogP contribution in [0.15, 0.2) is 24.3 Å². The van der Waals surface area contributed by atoms with Gasteiger partial charge in [-0.05, 0) is 36.9 Å². The molecular formula is C17H25FN2O. The Morgan fingerprint density at radius 2 is 2.24 bits per heavy atom. The second-order valence-electron chi connectivity index (χ2n) is 5.86. The number of carbonyl (C=O) groups is 1. The van der Waals surface area contributed by atoms with Gasteiger partial charge in [0.2, 0.25) is 5.91 Å². The van der Waals surface area contributed by atoms with Crippen molar-refractivity contribution in [1.82, 2.24) is 10.2 Å². The summed E-state index contributed by atoms with van der Waals surface area (Å²) in [6, 6.07) is 7.03. The standard InChI is InChI=1S/C17H25FN2O/c1-3-10-20(14-8-9-19-12-14)17(21)11-13(2)15-6-4-5-7-16(15)18/h4-7,13-14,19H,3,8-12H2,1-2H3. The van der Waals surface area contributed by atoms with Crippen molar-refractivity contribution in [2.45, 2.75) is 45.1 Å². The predicted molar refractivity (Wildman–Crippen MR) is 82.7 cm³/mol. The van der Waals surface area contributed by atoms with Gasteiger partial charge in [-0.1, -0.05) is 32.0 Å². The van der Waals surface area contributed by atoms with Crippen molar-refractivity contribution >= 4 is 5.91 Å². The summed E-state index contributed by atoms with van der Waals surface area (Å²) in [6.07, 6.45) is 2.34. The van der Waals surface area contributed by atoms with E-state index in [-0.39, 0.29) is 17.6 Å². The van der Waals surface area contributed by atoms with Gasteiger partial charge in [0.25, 0.3) is 0 Å². The fourth-order valence-electron chi connectivity index (χ4n) is 3.02. The third-order valence-corrected chi connectivity index (χ3v) is 4.18. The van der Waals surface area contributed by atoms with Gasteiger partial charge in [-0.25, -0.2) is 4.39 Å². The van der Waals surface area contributed by atoms with Gasteiger partial charge in [0.1, 0.15) is 5.82 Å². The Labute approximate surface area is 126 Å². The second-order valence-corrected chi connectivity index (χ2v) is 5.86. The maximum absolute atomic E-state index is 13.8. The Kier molecular flexibility index (Phi) is 5.74. The van der Waals surface area contributed by atoms with Crippen LogP contribution in [0.5, 0.6) is 0 Å². The van der Waals surface area contributed by atoms with E-state index in [4.69, 9.17) is 0 Å². The highest BCUT2D eigenvalue weighted by Crippen LogP contribution is 2.24. The quantitative estimate of drug-likeness (QED) is 0.874. The lowest BCUT2D eigenvalue weighted by Crippen LogP contribution is -2.42. The molecule has 2 atom stereocenters. The van der Waals surface area contributed by atoms with Crippen LogP contribution in [0.4, 0.5) is 4.39 Å². The predicted octanol–water partition coefficient (Wildman–Crippen LogP) is 2.92. The third-order valence-electron chi connectivity index (χ3n) is 4.18. The van der Waals surface area contributed by atoms with Crippen LogP contribution in [0, 0.1) is 5.82 Å². The first-order valence-electron chi connectivity index (χ1n) is 7.88. The highest BCUT2D eigenvalue weighted by atomic mass is 19.1. The van der Waals surface area contributed by atoms with Crippen molar-refractivity contribution in [3.05, 3.63) is 35.6 Å². The molecule has 0 aromatic heterocycles. The molecule has 2 rings (SSSR count). The smallest absolute Gasteiger partial charge is 0.223 e. The van der Waals surface area contributed by atoms with Crippen LogP contribution in [0.25, 0.3) is 0 Å². The first kappa shape index (κ1) is 16.0. The molecule has 0 radical (unpaired) electrons. The summed E-state index contributed by atoms with van der Waals surface area (Å²) in [6.45, 7) is 6.65. The van der Waals surface area contributed by atoms with Gasteiger partial charge in [-0.15, -0.1) is 0 Å². The first-order chi connectivity index (χ1) is 10.1. The van der Waals surface area contributed by atoms with E-state index in [2.05, 4.69) is 12.2 Å². The zero-order valence-corrected chi connectivity index (χ0v) is 12.9. The van der Waals surface area contributed by atoms with Crippen LogP contribution in [0.1, 0.15) is 44.6 Å². The number of benzene rings is 1. The lowest BCUT2D eigenvalue weighted by atomic mass is 9.96. The molecule has 0 spiro atoms. The van der Waals surface area contributed by atoms with Crippen molar-refractivity contribution in [3.63, 3.8) is 0 Å². The number of hydrogen-bond donors (Lipinski definition) is 1. The Hall–Kier alpha value is -1.42. The van der Waals surface area contributed by atoms with Crippen LogP contribution in [-0.4, -0.2) is 36.5 Å². The summed E-state index contributed by atoms with van der Waals surface area (Å²) >= 11 is 0. The van der Waals surface area contributed by atoms with E-state index in [9.17, 15) is 9.18 Å². The minimum absolute atomic E-state index is 0.0904. The molecule has 0 aliphatic carbocycles. The molecule has 2 unspecified atom stereocenters. The normalized spacial score (nSPS) is 19.5. The summed E-state index contributed by atoms with van der Waals surface area (Å²) in [7, 11) is 0. The molecule has 1 saturated heterocycles. The van der Waals surface area contributed by atoms with Crippen LogP contribution >= 0.6 is 0 Å². The molecular weight excluding hydrogens is 267 g/mol. The molecule has 1 aliphatic heterocycles. The van der Waals surface area contributed by atoms with Crippen LogP contribution in [0.2, 0.25) is 0 Å². The molecule has 3 nitrogen and oxygen atoms in total. The molecule has 1 aliphatic rings. The number of rotatable bonds is 6. The molecule has 0 saturated carbocycles. The van der Waals surface area contributed by atoms with Gasteiger partial charge in [-0.3, -0.25) is 4.79 Å². The monoisotopic (exact) mass is 292 g/mol. The molecule has 116 valence electrons. The summed E-state index contributed by atoms with van der Waals surface area (Å²) in [4.78, 5) is 14.6. The Bertz CT molecular complexity index is 472. The Morgan fingerprint density at radius 3 is 2.86 bits per heavy atom. The van der Waals surface area contributed by atoms with E-state index < -0.39 is 0 Å². The van der Waals surface area contributed by atoms with Crippen molar-refractivity contribution < 1.29 is 9.18 Å². The van der Waals surface area contributed by atoms with E-state index in [1.54, 1.807) is 12.1 Å². The largest absolute Gasteiger partial charge is 0.338 e. The Balaban J connectivity index is 2.02. The van der Waals surface area contributed by atoms with E-state index in [1.807, 2.05) is 17.9 Å². The summed E-state index contributed by atoms with van der Waals surface area (Å²) in [5.74, 6) is -0.170. The fraction of sp³-hybridized carbons (Fsp3) is 0.588. The molecule has 1 aromatic rings. The average Bonchev–Trinajstić information content (AvgIpc) is 2.98. The maximum Gasteiger partial charge on any atom is 0.223 e. The Morgan fingerprint density at radius 1 is 1.48 bits per heavy atom. The van der Waals surface area contributed by atoms with E-state index in [0.717, 1.165) is 32.5 Å². The van der Waals surface area contributed by atoms with Crippen LogP contribution in [-0.2, 0) is 4.79 Å². The molecule has 1 heterocycles. The number of nitrogens with zero attached hydrogens (tertiary/aromatic N) is 1. The molecule has 1 N–H and O–H groups in total. The molecule has 21 heavy (non-hydrogen) atoms. The van der Waals surface area contributed by atoms with Crippen LogP contribution in [0.3, 0.4) is 0 Å². The van der Waals surface area contributed by atoms with E-state index in [0.29, 0.717) is 18.0 Å². The van der Waals surface area contributed by atoms with Gasteiger partial charge < -0.3 is 10.2 Å². The minimum atomic E-state index is -0.220. The first-order valence-corrected chi connectivity index (χ1v) is 7.88. The number of amides is 1. The van der Waals surface area contributed by atoms with Gasteiger partial charge in [-0.2, -0.15) is 0 Å². The molecule has 1 aromatic carbocycles. The molecule has 0 bridgehead atoms. The SMILES string of the molecule is CCCN(C(=O)CC(C)c1ccccc1F)C1CCNC1. The van der Waals surface area contributed by atoms with Crippen molar-refractivity contribution in [1.29, 1.82) is 0 Å².